The van der Waals surface area contributed by atoms with Crippen LogP contribution in [0.25, 0.3) is 0 Å². The summed E-state index contributed by atoms with van der Waals surface area (Å²) in [6.45, 7) is 4.87. The molecule has 0 aliphatic heterocycles. The second-order valence-electron chi connectivity index (χ2n) is 4.79. The largest absolute Gasteiger partial charge is 0.325 e. The van der Waals surface area contributed by atoms with Gasteiger partial charge >= 0.3 is 0 Å². The van der Waals surface area contributed by atoms with Gasteiger partial charge in [0.15, 0.2) is 0 Å². The van der Waals surface area contributed by atoms with Crippen molar-refractivity contribution in [3.8, 4) is 0 Å². The molecular weight excluding hydrogens is 250 g/mol. The number of aryl methyl sites for hydroxylation is 2. The van der Waals surface area contributed by atoms with Crippen molar-refractivity contribution in [1.82, 2.24) is 10.3 Å². The molecule has 1 aromatic carbocycles. The van der Waals surface area contributed by atoms with Gasteiger partial charge in [0.1, 0.15) is 0 Å². The fourth-order valence-corrected chi connectivity index (χ4v) is 1.93. The van der Waals surface area contributed by atoms with E-state index in [4.69, 9.17) is 0 Å². The van der Waals surface area contributed by atoms with Crippen LogP contribution in [0, 0.1) is 13.8 Å². The summed E-state index contributed by atoms with van der Waals surface area (Å²) in [6.07, 6.45) is 1.76. The van der Waals surface area contributed by atoms with E-state index in [1.807, 2.05) is 50.2 Å². The topological polar surface area (TPSA) is 54.0 Å². The molecule has 0 aliphatic carbocycles. The van der Waals surface area contributed by atoms with Gasteiger partial charge in [0.05, 0.1) is 12.2 Å². The molecule has 0 bridgehead atoms. The minimum Gasteiger partial charge on any atom is -0.325 e. The highest BCUT2D eigenvalue weighted by molar-refractivity contribution is 5.92. The van der Waals surface area contributed by atoms with E-state index in [2.05, 4.69) is 15.6 Å². The van der Waals surface area contributed by atoms with Crippen molar-refractivity contribution in [3.05, 3.63) is 59.4 Å². The standard InChI is InChI=1S/C16H19N3O/c1-12-5-3-7-14(9-12)19-16(20)11-17-10-15-13(2)6-4-8-18-15/h3-9,17H,10-11H2,1-2H3,(H,19,20). The number of hydrogen-bond donors (Lipinski definition) is 2. The van der Waals surface area contributed by atoms with Crippen molar-refractivity contribution >= 4 is 11.6 Å². The first-order chi connectivity index (χ1) is 9.65. The normalized spacial score (nSPS) is 10.3. The molecule has 2 N–H and O–H groups in total. The molecule has 0 spiro atoms. The highest BCUT2D eigenvalue weighted by Crippen LogP contribution is 2.09. The van der Waals surface area contributed by atoms with Crippen molar-refractivity contribution in [2.75, 3.05) is 11.9 Å². The van der Waals surface area contributed by atoms with Crippen LogP contribution in [0.2, 0.25) is 0 Å². The second kappa shape index (κ2) is 6.82. The van der Waals surface area contributed by atoms with Gasteiger partial charge < -0.3 is 10.6 Å². The Labute approximate surface area is 119 Å². The molecule has 0 saturated heterocycles. The molecule has 20 heavy (non-hydrogen) atoms. The summed E-state index contributed by atoms with van der Waals surface area (Å²) in [5.41, 5.74) is 4.04. The number of hydrogen-bond acceptors (Lipinski definition) is 3. The lowest BCUT2D eigenvalue weighted by Crippen LogP contribution is -2.28. The molecule has 4 nitrogen and oxygen atoms in total. The quantitative estimate of drug-likeness (QED) is 0.876. The van der Waals surface area contributed by atoms with Crippen LogP contribution < -0.4 is 10.6 Å². The molecular formula is C16H19N3O. The van der Waals surface area contributed by atoms with Gasteiger partial charge in [-0.25, -0.2) is 0 Å². The van der Waals surface area contributed by atoms with Gasteiger partial charge in [-0.3, -0.25) is 9.78 Å². The number of rotatable bonds is 5. The third kappa shape index (κ3) is 4.17. The first-order valence-corrected chi connectivity index (χ1v) is 6.63. The van der Waals surface area contributed by atoms with Crippen LogP contribution in [0.15, 0.2) is 42.6 Å². The van der Waals surface area contributed by atoms with E-state index in [0.717, 1.165) is 22.5 Å². The highest BCUT2D eigenvalue weighted by atomic mass is 16.1. The average molecular weight is 269 g/mol. The Bertz CT molecular complexity index is 596. The van der Waals surface area contributed by atoms with Gasteiger partial charge in [0.2, 0.25) is 5.91 Å². The predicted molar refractivity (Wildman–Crippen MR) is 80.5 cm³/mol. The van der Waals surface area contributed by atoms with E-state index in [1.54, 1.807) is 6.20 Å². The van der Waals surface area contributed by atoms with Crippen LogP contribution in [0.4, 0.5) is 5.69 Å². The summed E-state index contributed by atoms with van der Waals surface area (Å²) in [5.74, 6) is -0.0517. The van der Waals surface area contributed by atoms with Crippen molar-refractivity contribution in [2.24, 2.45) is 0 Å². The number of amides is 1. The molecule has 0 atom stereocenters. The lowest BCUT2D eigenvalue weighted by atomic mass is 10.2. The molecule has 1 amide bonds. The number of aromatic nitrogens is 1. The van der Waals surface area contributed by atoms with Crippen molar-refractivity contribution < 1.29 is 4.79 Å². The first kappa shape index (κ1) is 14.2. The Morgan fingerprint density at radius 1 is 1.20 bits per heavy atom. The van der Waals surface area contributed by atoms with E-state index < -0.39 is 0 Å². The van der Waals surface area contributed by atoms with Gasteiger partial charge in [-0.2, -0.15) is 0 Å². The van der Waals surface area contributed by atoms with Gasteiger partial charge in [0.25, 0.3) is 0 Å². The van der Waals surface area contributed by atoms with Crippen molar-refractivity contribution in [1.29, 1.82) is 0 Å². The van der Waals surface area contributed by atoms with Gasteiger partial charge in [0, 0.05) is 18.4 Å². The summed E-state index contributed by atoms with van der Waals surface area (Å²) in [4.78, 5) is 16.1. The van der Waals surface area contributed by atoms with Crippen LogP contribution in [0.1, 0.15) is 16.8 Å². The number of nitrogens with zero attached hydrogens (tertiary/aromatic N) is 1. The molecule has 0 unspecified atom stereocenters. The third-order valence-corrected chi connectivity index (χ3v) is 3.00. The molecule has 104 valence electrons. The maximum Gasteiger partial charge on any atom is 0.238 e. The summed E-state index contributed by atoms with van der Waals surface area (Å²) < 4.78 is 0. The maximum atomic E-state index is 11.8. The summed E-state index contributed by atoms with van der Waals surface area (Å²) >= 11 is 0. The fraction of sp³-hybridized carbons (Fsp3) is 0.250. The Morgan fingerprint density at radius 3 is 2.80 bits per heavy atom. The summed E-state index contributed by atoms with van der Waals surface area (Å²) in [7, 11) is 0. The van der Waals surface area contributed by atoms with Crippen molar-refractivity contribution in [2.45, 2.75) is 20.4 Å². The highest BCUT2D eigenvalue weighted by Gasteiger charge is 2.03. The van der Waals surface area contributed by atoms with E-state index >= 15 is 0 Å². The summed E-state index contributed by atoms with van der Waals surface area (Å²) in [6, 6.07) is 11.7. The Morgan fingerprint density at radius 2 is 2.05 bits per heavy atom. The Balaban J connectivity index is 1.80. The lowest BCUT2D eigenvalue weighted by Gasteiger charge is -2.08. The van der Waals surface area contributed by atoms with Gasteiger partial charge in [-0.05, 0) is 43.2 Å². The number of carbonyl (C=O) groups excluding carboxylic acids is 1. The first-order valence-electron chi connectivity index (χ1n) is 6.63. The zero-order valence-electron chi connectivity index (χ0n) is 11.8. The maximum absolute atomic E-state index is 11.8. The molecule has 0 saturated carbocycles. The number of carbonyl (C=O) groups is 1. The minimum atomic E-state index is -0.0517. The Kier molecular flexibility index (Phi) is 4.85. The number of nitrogens with one attached hydrogen (secondary N) is 2. The number of anilines is 1. The van der Waals surface area contributed by atoms with E-state index in [9.17, 15) is 4.79 Å². The zero-order chi connectivity index (χ0) is 14.4. The molecule has 2 rings (SSSR count). The molecule has 0 fully saturated rings. The molecule has 4 heteroatoms. The molecule has 2 aromatic rings. The van der Waals surface area contributed by atoms with E-state index in [1.165, 1.54) is 0 Å². The fourth-order valence-electron chi connectivity index (χ4n) is 1.93. The third-order valence-electron chi connectivity index (χ3n) is 3.00. The predicted octanol–water partition coefficient (Wildman–Crippen LogP) is 2.43. The van der Waals surface area contributed by atoms with E-state index in [0.29, 0.717) is 6.54 Å². The van der Waals surface area contributed by atoms with Crippen LogP contribution >= 0.6 is 0 Å². The Hall–Kier alpha value is -2.20. The van der Waals surface area contributed by atoms with Crippen molar-refractivity contribution in [3.63, 3.8) is 0 Å². The van der Waals surface area contributed by atoms with Crippen LogP contribution in [-0.4, -0.2) is 17.4 Å². The zero-order valence-corrected chi connectivity index (χ0v) is 11.8. The smallest absolute Gasteiger partial charge is 0.238 e. The van der Waals surface area contributed by atoms with Crippen LogP contribution in [-0.2, 0) is 11.3 Å². The molecule has 1 heterocycles. The second-order valence-corrected chi connectivity index (χ2v) is 4.79. The summed E-state index contributed by atoms with van der Waals surface area (Å²) in [5, 5.41) is 5.96. The molecule has 0 radical (unpaired) electrons. The monoisotopic (exact) mass is 269 g/mol. The van der Waals surface area contributed by atoms with Crippen LogP contribution in [0.5, 0.6) is 0 Å². The van der Waals surface area contributed by atoms with Crippen LogP contribution in [0.3, 0.4) is 0 Å². The SMILES string of the molecule is Cc1cccc(NC(=O)CNCc2ncccc2C)c1. The molecule has 0 aliphatic rings. The van der Waals surface area contributed by atoms with E-state index in [-0.39, 0.29) is 12.5 Å². The van der Waals surface area contributed by atoms with Gasteiger partial charge in [-0.1, -0.05) is 18.2 Å². The average Bonchev–Trinajstić information content (AvgIpc) is 2.41. The lowest BCUT2D eigenvalue weighted by molar-refractivity contribution is -0.115. The molecule has 1 aromatic heterocycles. The number of benzene rings is 1. The van der Waals surface area contributed by atoms with Gasteiger partial charge in [-0.15, -0.1) is 0 Å². The minimum absolute atomic E-state index is 0.0517. The number of pyridine rings is 1.